The highest BCUT2D eigenvalue weighted by molar-refractivity contribution is 9.10. The molecule has 2 rings (SSSR count). The maximum Gasteiger partial charge on any atom is 0.130 e. The number of nitrogens with zero attached hydrogens (tertiary/aromatic N) is 2. The molecule has 0 amide bonds. The summed E-state index contributed by atoms with van der Waals surface area (Å²) >= 11 is 16.7. The minimum Gasteiger partial charge on any atom is -0.249 e. The van der Waals surface area contributed by atoms with Crippen molar-refractivity contribution >= 4 is 50.9 Å². The predicted octanol–water partition coefficient (Wildman–Crippen LogP) is 4.84. The van der Waals surface area contributed by atoms with Gasteiger partial charge in [-0.1, -0.05) is 23.2 Å². The maximum absolute atomic E-state index is 6.06. The standard InChI is InChI=1S/C11H7BrCl2N2S/c12-8-1-2-11(16-5-8)17-6-7-4-15-10(14)3-9(7)13/h1-5H,6H2. The van der Waals surface area contributed by atoms with Gasteiger partial charge in [-0.25, -0.2) is 9.97 Å². The van der Waals surface area contributed by atoms with E-state index < -0.39 is 0 Å². The Morgan fingerprint density at radius 2 is 2.00 bits per heavy atom. The van der Waals surface area contributed by atoms with Gasteiger partial charge in [0.1, 0.15) is 5.15 Å². The zero-order chi connectivity index (χ0) is 12.3. The van der Waals surface area contributed by atoms with Gasteiger partial charge in [-0.3, -0.25) is 0 Å². The first kappa shape index (κ1) is 13.1. The third kappa shape index (κ3) is 3.85. The van der Waals surface area contributed by atoms with Crippen molar-refractivity contribution in [2.24, 2.45) is 0 Å². The lowest BCUT2D eigenvalue weighted by Crippen LogP contribution is -1.87. The maximum atomic E-state index is 6.06. The molecule has 0 aliphatic heterocycles. The van der Waals surface area contributed by atoms with E-state index in [0.29, 0.717) is 10.2 Å². The number of hydrogen-bond acceptors (Lipinski definition) is 3. The van der Waals surface area contributed by atoms with E-state index in [-0.39, 0.29) is 0 Å². The molecule has 0 saturated carbocycles. The molecule has 0 saturated heterocycles. The molecule has 0 unspecified atom stereocenters. The molecule has 0 N–H and O–H groups in total. The summed E-state index contributed by atoms with van der Waals surface area (Å²) in [7, 11) is 0. The second-order valence-corrected chi connectivity index (χ2v) is 5.91. The van der Waals surface area contributed by atoms with Crippen LogP contribution in [0.3, 0.4) is 0 Å². The largest absolute Gasteiger partial charge is 0.249 e. The van der Waals surface area contributed by atoms with Gasteiger partial charge in [-0.05, 0) is 39.7 Å². The number of rotatable bonds is 3. The molecule has 2 aromatic rings. The molecule has 0 aromatic carbocycles. The second-order valence-electron chi connectivity index (χ2n) is 3.20. The van der Waals surface area contributed by atoms with Gasteiger partial charge in [0.25, 0.3) is 0 Å². The van der Waals surface area contributed by atoms with Crippen molar-refractivity contribution < 1.29 is 0 Å². The molecule has 2 heterocycles. The van der Waals surface area contributed by atoms with Gasteiger partial charge in [-0.2, -0.15) is 0 Å². The van der Waals surface area contributed by atoms with E-state index in [1.54, 1.807) is 30.2 Å². The van der Waals surface area contributed by atoms with Gasteiger partial charge in [0, 0.05) is 27.6 Å². The van der Waals surface area contributed by atoms with Crippen LogP contribution in [0.15, 0.2) is 40.1 Å². The molecule has 6 heteroatoms. The van der Waals surface area contributed by atoms with Gasteiger partial charge < -0.3 is 0 Å². The third-order valence-electron chi connectivity index (χ3n) is 1.97. The van der Waals surface area contributed by atoms with Gasteiger partial charge in [0.15, 0.2) is 0 Å². The first-order chi connectivity index (χ1) is 8.15. The van der Waals surface area contributed by atoms with E-state index in [9.17, 15) is 0 Å². The molecule has 0 spiro atoms. The van der Waals surface area contributed by atoms with Crippen LogP contribution >= 0.6 is 50.9 Å². The first-order valence-corrected chi connectivity index (χ1v) is 7.23. The Morgan fingerprint density at radius 1 is 1.18 bits per heavy atom. The van der Waals surface area contributed by atoms with Crippen LogP contribution in [0.4, 0.5) is 0 Å². The summed E-state index contributed by atoms with van der Waals surface area (Å²) in [6.45, 7) is 0. The number of aromatic nitrogens is 2. The van der Waals surface area contributed by atoms with Gasteiger partial charge in [-0.15, -0.1) is 11.8 Å². The van der Waals surface area contributed by atoms with Crippen molar-refractivity contribution in [1.82, 2.24) is 9.97 Å². The van der Waals surface area contributed by atoms with Crippen LogP contribution in [0.1, 0.15) is 5.56 Å². The lowest BCUT2D eigenvalue weighted by atomic mass is 10.3. The average Bonchev–Trinajstić information content (AvgIpc) is 2.30. The Kier molecular flexibility index (Phi) is 4.68. The quantitative estimate of drug-likeness (QED) is 0.585. The van der Waals surface area contributed by atoms with E-state index in [0.717, 1.165) is 20.8 Å². The molecule has 17 heavy (non-hydrogen) atoms. The topological polar surface area (TPSA) is 25.8 Å². The Morgan fingerprint density at radius 3 is 2.65 bits per heavy atom. The van der Waals surface area contributed by atoms with Crippen molar-refractivity contribution in [3.05, 3.63) is 50.8 Å². The first-order valence-electron chi connectivity index (χ1n) is 4.69. The Labute approximate surface area is 122 Å². The Balaban J connectivity index is 2.04. The van der Waals surface area contributed by atoms with Gasteiger partial charge in [0.05, 0.1) is 5.03 Å². The van der Waals surface area contributed by atoms with Gasteiger partial charge in [0.2, 0.25) is 0 Å². The van der Waals surface area contributed by atoms with E-state index in [2.05, 4.69) is 25.9 Å². The SMILES string of the molecule is Clc1cc(Cl)c(CSc2ccc(Br)cn2)cn1. The van der Waals surface area contributed by atoms with Crippen LogP contribution < -0.4 is 0 Å². The third-order valence-corrected chi connectivity index (χ3v) is 3.99. The van der Waals surface area contributed by atoms with E-state index in [1.165, 1.54) is 0 Å². The summed E-state index contributed by atoms with van der Waals surface area (Å²) in [4.78, 5) is 8.27. The second kappa shape index (κ2) is 6.05. The molecule has 0 atom stereocenters. The zero-order valence-corrected chi connectivity index (χ0v) is 12.4. The van der Waals surface area contributed by atoms with E-state index in [4.69, 9.17) is 23.2 Å². The molecule has 0 bridgehead atoms. The van der Waals surface area contributed by atoms with E-state index >= 15 is 0 Å². The number of thioether (sulfide) groups is 1. The molecular formula is C11H7BrCl2N2S. The lowest BCUT2D eigenvalue weighted by molar-refractivity contribution is 1.12. The summed E-state index contributed by atoms with van der Waals surface area (Å²) in [6.07, 6.45) is 3.46. The van der Waals surface area contributed by atoms with Crippen molar-refractivity contribution in [2.75, 3.05) is 0 Å². The minimum atomic E-state index is 0.408. The molecule has 2 aromatic heterocycles. The fourth-order valence-corrected chi connectivity index (χ4v) is 2.71. The highest BCUT2D eigenvalue weighted by Gasteiger charge is 2.04. The van der Waals surface area contributed by atoms with Crippen molar-refractivity contribution in [3.8, 4) is 0 Å². The highest BCUT2D eigenvalue weighted by Crippen LogP contribution is 2.26. The number of pyridine rings is 2. The average molecular weight is 350 g/mol. The fourth-order valence-electron chi connectivity index (χ4n) is 1.14. The smallest absolute Gasteiger partial charge is 0.130 e. The van der Waals surface area contributed by atoms with Crippen LogP contribution in [-0.2, 0) is 5.75 Å². The molecule has 88 valence electrons. The van der Waals surface area contributed by atoms with Crippen LogP contribution in [-0.4, -0.2) is 9.97 Å². The fraction of sp³-hybridized carbons (Fsp3) is 0.0909. The lowest BCUT2D eigenvalue weighted by Gasteiger charge is -2.03. The summed E-state index contributed by atoms with van der Waals surface area (Å²) in [5.74, 6) is 0.720. The number of halogens is 3. The minimum absolute atomic E-state index is 0.408. The summed E-state index contributed by atoms with van der Waals surface area (Å²) in [5, 5.41) is 1.99. The summed E-state index contributed by atoms with van der Waals surface area (Å²) < 4.78 is 0.966. The number of hydrogen-bond donors (Lipinski definition) is 0. The van der Waals surface area contributed by atoms with Crippen molar-refractivity contribution in [2.45, 2.75) is 10.8 Å². The molecule has 0 radical (unpaired) electrons. The van der Waals surface area contributed by atoms with Crippen LogP contribution in [0.25, 0.3) is 0 Å². The van der Waals surface area contributed by atoms with Crippen molar-refractivity contribution in [1.29, 1.82) is 0 Å². The molecule has 0 aliphatic rings. The molecule has 2 nitrogen and oxygen atoms in total. The normalized spacial score (nSPS) is 10.5. The Hall–Kier alpha value is -0.290. The Bertz CT molecular complexity index is 519. The van der Waals surface area contributed by atoms with E-state index in [1.807, 2.05) is 12.1 Å². The highest BCUT2D eigenvalue weighted by atomic mass is 79.9. The molecule has 0 aliphatic carbocycles. The molecule has 0 fully saturated rings. The summed E-state index contributed by atoms with van der Waals surface area (Å²) in [6, 6.07) is 5.55. The van der Waals surface area contributed by atoms with Crippen LogP contribution in [0.5, 0.6) is 0 Å². The van der Waals surface area contributed by atoms with Gasteiger partial charge >= 0.3 is 0 Å². The zero-order valence-electron chi connectivity index (χ0n) is 8.53. The summed E-state index contributed by atoms with van der Waals surface area (Å²) in [5.41, 5.74) is 0.950. The van der Waals surface area contributed by atoms with Crippen molar-refractivity contribution in [3.63, 3.8) is 0 Å². The van der Waals surface area contributed by atoms with Crippen LogP contribution in [0.2, 0.25) is 10.2 Å². The molecular weight excluding hydrogens is 343 g/mol. The predicted molar refractivity (Wildman–Crippen MR) is 75.8 cm³/mol. The van der Waals surface area contributed by atoms with Crippen LogP contribution in [0, 0.1) is 0 Å². The monoisotopic (exact) mass is 348 g/mol.